The molecule has 0 bridgehead atoms. The summed E-state index contributed by atoms with van der Waals surface area (Å²) < 4.78 is 18.3. The summed E-state index contributed by atoms with van der Waals surface area (Å²) in [6, 6.07) is 5.93. The molecule has 1 N–H and O–H groups in total. The predicted octanol–water partition coefficient (Wildman–Crippen LogP) is 2.46. The van der Waals surface area contributed by atoms with Gasteiger partial charge in [0.1, 0.15) is 5.75 Å². The van der Waals surface area contributed by atoms with Gasteiger partial charge < -0.3 is 24.1 Å². The zero-order valence-electron chi connectivity index (χ0n) is 15.5. The quantitative estimate of drug-likeness (QED) is 0.851. The van der Waals surface area contributed by atoms with E-state index in [1.807, 2.05) is 45.9 Å². The van der Waals surface area contributed by atoms with Crippen LogP contribution >= 0.6 is 0 Å². The third-order valence-electron chi connectivity index (χ3n) is 5.56. The summed E-state index contributed by atoms with van der Waals surface area (Å²) in [5, 5.41) is 9.16. The summed E-state index contributed by atoms with van der Waals surface area (Å²) in [6.07, 6.45) is -0.132. The monoisotopic (exact) mass is 347 g/mol. The number of likely N-dealkylation sites (N-methyl/N-ethyl adjacent to an activating group) is 1. The minimum atomic E-state index is -0.921. The Morgan fingerprint density at radius 1 is 1.28 bits per heavy atom. The van der Waals surface area contributed by atoms with Crippen LogP contribution in [0.4, 0.5) is 4.79 Å². The van der Waals surface area contributed by atoms with E-state index in [0.29, 0.717) is 13.2 Å². The topological polar surface area (TPSA) is 68.2 Å². The van der Waals surface area contributed by atoms with E-state index < -0.39 is 24.4 Å². The van der Waals surface area contributed by atoms with Gasteiger partial charge in [-0.2, -0.15) is 0 Å². The molecule has 0 unspecified atom stereocenters. The highest BCUT2D eigenvalue weighted by atomic mass is 16.7. The summed E-state index contributed by atoms with van der Waals surface area (Å²) in [4.78, 5) is 12.5. The van der Waals surface area contributed by atoms with Crippen molar-refractivity contribution in [1.82, 2.24) is 4.90 Å². The standard InChI is InChI=1S/C18H26BNO5/c1-17(2)18(3,4)25-19(24-17)14-8-6-7-13-12(9-10-23-15(13)14)11-20(5)16(21)22/h6-8,12H,9-11H2,1-5H3,(H,21,22)/t12-/m0/s1. The van der Waals surface area contributed by atoms with Gasteiger partial charge in [-0.1, -0.05) is 18.2 Å². The van der Waals surface area contributed by atoms with E-state index >= 15 is 0 Å². The van der Waals surface area contributed by atoms with E-state index in [2.05, 4.69) is 0 Å². The molecule has 2 heterocycles. The molecule has 0 spiro atoms. The molecule has 1 aromatic rings. The number of amides is 1. The summed E-state index contributed by atoms with van der Waals surface area (Å²) in [5.41, 5.74) is 1.06. The van der Waals surface area contributed by atoms with E-state index in [-0.39, 0.29) is 5.92 Å². The third-order valence-corrected chi connectivity index (χ3v) is 5.56. The summed E-state index contributed by atoms with van der Waals surface area (Å²) in [5.74, 6) is 0.878. The van der Waals surface area contributed by atoms with Gasteiger partial charge in [0.25, 0.3) is 0 Å². The SMILES string of the molecule is CN(C[C@@H]1CCOc2c(B3OC(C)(C)C(C)(C)O3)cccc21)C(=O)O. The second-order valence-electron chi connectivity index (χ2n) is 7.85. The average Bonchev–Trinajstić information content (AvgIpc) is 2.75. The smallest absolute Gasteiger partial charge is 0.494 e. The van der Waals surface area contributed by atoms with Gasteiger partial charge in [0.2, 0.25) is 0 Å². The van der Waals surface area contributed by atoms with Crippen molar-refractivity contribution in [2.24, 2.45) is 0 Å². The largest absolute Gasteiger partial charge is 0.498 e. The molecule has 136 valence electrons. The second-order valence-corrected chi connectivity index (χ2v) is 7.85. The third kappa shape index (κ3) is 3.23. The lowest BCUT2D eigenvalue weighted by molar-refractivity contribution is 0.00578. The molecule has 0 saturated carbocycles. The van der Waals surface area contributed by atoms with Gasteiger partial charge in [-0.25, -0.2) is 4.79 Å². The molecule has 1 amide bonds. The Balaban J connectivity index is 1.91. The number of hydrogen-bond donors (Lipinski definition) is 1. The number of benzene rings is 1. The molecule has 1 aromatic carbocycles. The fourth-order valence-corrected chi connectivity index (χ4v) is 3.27. The Hall–Kier alpha value is -1.73. The number of para-hydroxylation sites is 1. The first kappa shape index (κ1) is 18.1. The van der Waals surface area contributed by atoms with Crippen LogP contribution in [0.25, 0.3) is 0 Å². The van der Waals surface area contributed by atoms with Gasteiger partial charge in [0, 0.05) is 25.0 Å². The maximum absolute atomic E-state index is 11.2. The van der Waals surface area contributed by atoms with Crippen LogP contribution in [0.5, 0.6) is 5.75 Å². The maximum atomic E-state index is 11.2. The van der Waals surface area contributed by atoms with Crippen molar-refractivity contribution in [1.29, 1.82) is 0 Å². The minimum absolute atomic E-state index is 0.104. The molecule has 0 aromatic heterocycles. The number of hydrogen-bond acceptors (Lipinski definition) is 4. The highest BCUT2D eigenvalue weighted by molar-refractivity contribution is 6.63. The van der Waals surface area contributed by atoms with E-state index in [4.69, 9.17) is 19.2 Å². The molecule has 1 saturated heterocycles. The van der Waals surface area contributed by atoms with Crippen LogP contribution in [0.15, 0.2) is 18.2 Å². The van der Waals surface area contributed by atoms with Crippen molar-refractivity contribution >= 4 is 18.7 Å². The molecular formula is C18H26BNO5. The molecule has 2 aliphatic heterocycles. The van der Waals surface area contributed by atoms with Crippen LogP contribution < -0.4 is 10.2 Å². The van der Waals surface area contributed by atoms with Crippen LogP contribution in [-0.4, -0.2) is 54.6 Å². The fraction of sp³-hybridized carbons (Fsp3) is 0.611. The maximum Gasteiger partial charge on any atom is 0.498 e. The molecule has 25 heavy (non-hydrogen) atoms. The lowest BCUT2D eigenvalue weighted by atomic mass is 9.75. The summed E-state index contributed by atoms with van der Waals surface area (Å²) >= 11 is 0. The van der Waals surface area contributed by atoms with Crippen molar-refractivity contribution < 1.29 is 23.9 Å². The lowest BCUT2D eigenvalue weighted by Gasteiger charge is -2.32. The molecule has 0 aliphatic carbocycles. The van der Waals surface area contributed by atoms with Gasteiger partial charge in [-0.05, 0) is 39.7 Å². The van der Waals surface area contributed by atoms with Crippen LogP contribution in [0.3, 0.4) is 0 Å². The summed E-state index contributed by atoms with van der Waals surface area (Å²) in [7, 11) is 1.10. The Morgan fingerprint density at radius 2 is 1.92 bits per heavy atom. The first-order valence-electron chi connectivity index (χ1n) is 8.68. The number of ether oxygens (including phenoxy) is 1. The number of fused-ring (bicyclic) bond motifs is 1. The van der Waals surface area contributed by atoms with Crippen molar-refractivity contribution in [3.8, 4) is 5.75 Å². The van der Waals surface area contributed by atoms with Crippen LogP contribution in [0.2, 0.25) is 0 Å². The van der Waals surface area contributed by atoms with E-state index in [1.54, 1.807) is 7.05 Å². The average molecular weight is 347 g/mol. The highest BCUT2D eigenvalue weighted by Crippen LogP contribution is 2.39. The van der Waals surface area contributed by atoms with Gasteiger partial charge in [-0.3, -0.25) is 0 Å². The van der Waals surface area contributed by atoms with Crippen molar-refractivity contribution in [3.05, 3.63) is 23.8 Å². The first-order chi connectivity index (χ1) is 11.6. The van der Waals surface area contributed by atoms with Crippen molar-refractivity contribution in [2.45, 2.75) is 51.2 Å². The number of nitrogens with zero attached hydrogens (tertiary/aromatic N) is 1. The zero-order valence-corrected chi connectivity index (χ0v) is 15.5. The fourth-order valence-electron chi connectivity index (χ4n) is 3.27. The molecular weight excluding hydrogens is 321 g/mol. The normalized spacial score (nSPS) is 23.7. The number of carbonyl (C=O) groups is 1. The number of rotatable bonds is 3. The van der Waals surface area contributed by atoms with Gasteiger partial charge >= 0.3 is 13.2 Å². The Kier molecular flexibility index (Phi) is 4.49. The Labute approximate surface area is 149 Å². The van der Waals surface area contributed by atoms with Crippen molar-refractivity contribution in [2.75, 3.05) is 20.2 Å². The van der Waals surface area contributed by atoms with E-state index in [9.17, 15) is 4.79 Å². The Morgan fingerprint density at radius 3 is 2.52 bits per heavy atom. The zero-order chi connectivity index (χ0) is 18.4. The highest BCUT2D eigenvalue weighted by Gasteiger charge is 2.52. The van der Waals surface area contributed by atoms with Crippen molar-refractivity contribution in [3.63, 3.8) is 0 Å². The molecule has 6 nitrogen and oxygen atoms in total. The first-order valence-corrected chi connectivity index (χ1v) is 8.68. The minimum Gasteiger partial charge on any atom is -0.494 e. The molecule has 0 radical (unpaired) electrons. The van der Waals surface area contributed by atoms with Crippen LogP contribution in [0, 0.1) is 0 Å². The molecule has 2 aliphatic rings. The van der Waals surface area contributed by atoms with E-state index in [1.165, 1.54) is 4.90 Å². The van der Waals surface area contributed by atoms with Gasteiger partial charge in [0.05, 0.1) is 17.8 Å². The predicted molar refractivity (Wildman–Crippen MR) is 95.7 cm³/mol. The molecule has 1 fully saturated rings. The second kappa shape index (κ2) is 6.22. The van der Waals surface area contributed by atoms with Crippen LogP contribution in [0.1, 0.15) is 45.6 Å². The lowest BCUT2D eigenvalue weighted by Crippen LogP contribution is -2.41. The van der Waals surface area contributed by atoms with Gasteiger partial charge in [0.15, 0.2) is 0 Å². The van der Waals surface area contributed by atoms with Crippen LogP contribution in [-0.2, 0) is 9.31 Å². The molecule has 3 rings (SSSR count). The molecule has 7 heteroatoms. The number of carboxylic acid groups (broad SMARTS) is 1. The van der Waals surface area contributed by atoms with Gasteiger partial charge in [-0.15, -0.1) is 0 Å². The molecule has 1 atom stereocenters. The Bertz CT molecular complexity index is 659. The van der Waals surface area contributed by atoms with E-state index in [0.717, 1.165) is 23.2 Å². The summed E-state index contributed by atoms with van der Waals surface area (Å²) in [6.45, 7) is 9.09.